The van der Waals surface area contributed by atoms with Crippen LogP contribution in [0.2, 0.25) is 5.02 Å². The van der Waals surface area contributed by atoms with Gasteiger partial charge in [-0.15, -0.1) is 0 Å². The van der Waals surface area contributed by atoms with Crippen LogP contribution >= 0.6 is 11.6 Å². The summed E-state index contributed by atoms with van der Waals surface area (Å²) in [7, 11) is -1.42. The van der Waals surface area contributed by atoms with Crippen molar-refractivity contribution in [2.45, 2.75) is 18.9 Å². The maximum Gasteiger partial charge on any atom is 0.236 e. The predicted octanol–water partition coefficient (Wildman–Crippen LogP) is 1.19. The van der Waals surface area contributed by atoms with Crippen LogP contribution < -0.4 is 9.46 Å². The van der Waals surface area contributed by atoms with Crippen molar-refractivity contribution >= 4 is 27.5 Å². The lowest BCUT2D eigenvalue weighted by Crippen LogP contribution is -2.47. The van der Waals surface area contributed by atoms with Gasteiger partial charge in [0.2, 0.25) is 15.9 Å². The molecule has 146 valence electrons. The maximum atomic E-state index is 12.3. The summed E-state index contributed by atoms with van der Waals surface area (Å²) in [6, 6.07) is 7.06. The van der Waals surface area contributed by atoms with Crippen LogP contribution in [-0.2, 0) is 14.8 Å². The van der Waals surface area contributed by atoms with Crippen LogP contribution in [0.15, 0.2) is 24.3 Å². The van der Waals surface area contributed by atoms with E-state index in [0.29, 0.717) is 50.7 Å². The van der Waals surface area contributed by atoms with E-state index in [1.807, 2.05) is 0 Å². The normalized spacial score (nSPS) is 16.4. The molecule has 1 aliphatic rings. The Morgan fingerprint density at radius 2 is 1.92 bits per heavy atom. The van der Waals surface area contributed by atoms with Crippen LogP contribution in [-0.4, -0.2) is 76.3 Å². The number of hydrogen-bond donors (Lipinski definition) is 1. The molecule has 26 heavy (non-hydrogen) atoms. The molecule has 1 aliphatic heterocycles. The highest BCUT2D eigenvalue weighted by molar-refractivity contribution is 7.88. The molecular formula is C17H26ClN3O4S. The predicted molar refractivity (Wildman–Crippen MR) is 102 cm³/mol. The molecule has 1 heterocycles. The molecule has 0 atom stereocenters. The van der Waals surface area contributed by atoms with Gasteiger partial charge in [0.1, 0.15) is 12.4 Å². The van der Waals surface area contributed by atoms with E-state index < -0.39 is 10.0 Å². The van der Waals surface area contributed by atoms with Gasteiger partial charge in [-0.05, 0) is 37.1 Å². The number of benzene rings is 1. The number of likely N-dealkylation sites (N-methyl/N-ethyl adjacent to an activating group) is 1. The van der Waals surface area contributed by atoms with E-state index in [-0.39, 0.29) is 11.9 Å². The summed E-state index contributed by atoms with van der Waals surface area (Å²) in [5.41, 5.74) is 0. The molecule has 0 radical (unpaired) electrons. The molecule has 0 aliphatic carbocycles. The second-order valence-corrected chi connectivity index (χ2v) is 8.77. The van der Waals surface area contributed by atoms with Crippen LogP contribution in [0.5, 0.6) is 5.75 Å². The third kappa shape index (κ3) is 7.49. The molecule has 1 N–H and O–H groups in total. The van der Waals surface area contributed by atoms with E-state index in [9.17, 15) is 13.2 Å². The standard InChI is InChI=1S/C17H26ClN3O4S/c1-20(11-12-25-16-5-3-14(18)4-6-16)17(22)13-21-9-7-15(8-10-21)19-26(2,23)24/h3-6,15,19H,7-13H2,1-2H3. The van der Waals surface area contributed by atoms with Gasteiger partial charge in [-0.3, -0.25) is 9.69 Å². The molecule has 2 rings (SSSR count). The Hall–Kier alpha value is -1.35. The van der Waals surface area contributed by atoms with Crippen molar-refractivity contribution in [3.63, 3.8) is 0 Å². The fourth-order valence-corrected chi connectivity index (χ4v) is 3.75. The third-order valence-corrected chi connectivity index (χ3v) is 5.28. The van der Waals surface area contributed by atoms with Crippen molar-refractivity contribution < 1.29 is 17.9 Å². The zero-order valence-electron chi connectivity index (χ0n) is 15.2. The fourth-order valence-electron chi connectivity index (χ4n) is 2.78. The number of hydrogen-bond acceptors (Lipinski definition) is 5. The molecule has 0 saturated carbocycles. The third-order valence-electron chi connectivity index (χ3n) is 4.26. The van der Waals surface area contributed by atoms with Gasteiger partial charge in [0.15, 0.2) is 0 Å². The van der Waals surface area contributed by atoms with Crippen molar-refractivity contribution in [1.29, 1.82) is 0 Å². The largest absolute Gasteiger partial charge is 0.492 e. The Kier molecular flexibility index (Phi) is 7.69. The quantitative estimate of drug-likeness (QED) is 0.705. The Bertz CT molecular complexity index is 688. The molecule has 1 amide bonds. The summed E-state index contributed by atoms with van der Waals surface area (Å²) in [5.74, 6) is 0.745. The average Bonchev–Trinajstić information content (AvgIpc) is 2.57. The van der Waals surface area contributed by atoms with E-state index in [1.165, 1.54) is 6.26 Å². The number of carbonyl (C=O) groups excluding carboxylic acids is 1. The molecule has 0 aromatic heterocycles. The van der Waals surface area contributed by atoms with Gasteiger partial charge in [0.25, 0.3) is 0 Å². The van der Waals surface area contributed by atoms with Crippen LogP contribution in [0.1, 0.15) is 12.8 Å². The van der Waals surface area contributed by atoms with Crippen LogP contribution in [0.3, 0.4) is 0 Å². The second-order valence-electron chi connectivity index (χ2n) is 6.56. The highest BCUT2D eigenvalue weighted by Crippen LogP contribution is 2.15. The SMILES string of the molecule is CN(CCOc1ccc(Cl)cc1)C(=O)CN1CCC(NS(C)(=O)=O)CC1. The van der Waals surface area contributed by atoms with Gasteiger partial charge in [0, 0.05) is 31.2 Å². The van der Waals surface area contributed by atoms with Gasteiger partial charge in [-0.1, -0.05) is 11.6 Å². The van der Waals surface area contributed by atoms with Gasteiger partial charge < -0.3 is 9.64 Å². The van der Waals surface area contributed by atoms with Crippen LogP contribution in [0.25, 0.3) is 0 Å². The van der Waals surface area contributed by atoms with Gasteiger partial charge in [0.05, 0.1) is 19.3 Å². The minimum absolute atomic E-state index is 0.0271. The highest BCUT2D eigenvalue weighted by atomic mass is 35.5. The Balaban J connectivity index is 1.66. The minimum atomic E-state index is -3.18. The zero-order valence-corrected chi connectivity index (χ0v) is 16.7. The summed E-state index contributed by atoms with van der Waals surface area (Å²) in [6.07, 6.45) is 2.59. The molecule has 0 spiro atoms. The number of amides is 1. The number of piperidine rings is 1. The molecule has 1 fully saturated rings. The Morgan fingerprint density at radius 3 is 2.50 bits per heavy atom. The summed E-state index contributed by atoms with van der Waals surface area (Å²) in [4.78, 5) is 16.0. The molecule has 1 aromatic carbocycles. The smallest absolute Gasteiger partial charge is 0.236 e. The van der Waals surface area contributed by atoms with Crippen molar-refractivity contribution in [3.8, 4) is 5.75 Å². The van der Waals surface area contributed by atoms with Crippen molar-refractivity contribution in [2.24, 2.45) is 0 Å². The first kappa shape index (κ1) is 21.0. The molecule has 0 unspecified atom stereocenters. The first-order valence-corrected chi connectivity index (χ1v) is 10.8. The summed E-state index contributed by atoms with van der Waals surface area (Å²) >= 11 is 5.82. The van der Waals surface area contributed by atoms with Crippen LogP contribution in [0, 0.1) is 0 Å². The maximum absolute atomic E-state index is 12.3. The summed E-state index contributed by atoms with van der Waals surface area (Å²) < 4.78 is 30.8. The number of nitrogens with zero attached hydrogens (tertiary/aromatic N) is 2. The molecular weight excluding hydrogens is 378 g/mol. The van der Waals surface area contributed by atoms with E-state index in [2.05, 4.69) is 9.62 Å². The summed E-state index contributed by atoms with van der Waals surface area (Å²) in [5, 5.41) is 0.653. The molecule has 9 heteroatoms. The lowest BCUT2D eigenvalue weighted by Gasteiger charge is -2.32. The van der Waals surface area contributed by atoms with E-state index >= 15 is 0 Å². The molecule has 7 nitrogen and oxygen atoms in total. The second kappa shape index (κ2) is 9.55. The number of ether oxygens (including phenoxy) is 1. The average molecular weight is 404 g/mol. The first-order chi connectivity index (χ1) is 12.2. The van der Waals surface area contributed by atoms with E-state index in [4.69, 9.17) is 16.3 Å². The van der Waals surface area contributed by atoms with E-state index in [1.54, 1.807) is 36.2 Å². The zero-order chi connectivity index (χ0) is 19.2. The Labute approximate surface area is 160 Å². The number of likely N-dealkylation sites (tertiary alicyclic amines) is 1. The topological polar surface area (TPSA) is 79.0 Å². The van der Waals surface area contributed by atoms with Crippen molar-refractivity contribution in [2.75, 3.05) is 46.1 Å². The molecule has 1 saturated heterocycles. The lowest BCUT2D eigenvalue weighted by molar-refractivity contribution is -0.131. The van der Waals surface area contributed by atoms with Gasteiger partial charge >= 0.3 is 0 Å². The number of carbonyl (C=O) groups is 1. The molecule has 1 aromatic rings. The first-order valence-electron chi connectivity index (χ1n) is 8.55. The highest BCUT2D eigenvalue weighted by Gasteiger charge is 2.23. The van der Waals surface area contributed by atoms with Gasteiger partial charge in [-0.2, -0.15) is 0 Å². The van der Waals surface area contributed by atoms with Crippen molar-refractivity contribution in [1.82, 2.24) is 14.5 Å². The summed E-state index contributed by atoms with van der Waals surface area (Å²) in [6.45, 7) is 2.64. The van der Waals surface area contributed by atoms with Gasteiger partial charge in [-0.25, -0.2) is 13.1 Å². The van der Waals surface area contributed by atoms with E-state index in [0.717, 1.165) is 5.75 Å². The molecule has 0 bridgehead atoms. The Morgan fingerprint density at radius 1 is 1.31 bits per heavy atom. The number of sulfonamides is 1. The van der Waals surface area contributed by atoms with Crippen molar-refractivity contribution in [3.05, 3.63) is 29.3 Å². The van der Waals surface area contributed by atoms with Crippen LogP contribution in [0.4, 0.5) is 0 Å². The number of nitrogens with one attached hydrogen (secondary N) is 1. The number of halogens is 1. The lowest BCUT2D eigenvalue weighted by atomic mass is 10.1. The monoisotopic (exact) mass is 403 g/mol. The fraction of sp³-hybridized carbons (Fsp3) is 0.588. The minimum Gasteiger partial charge on any atom is -0.492 e. The number of rotatable bonds is 8.